The molecule has 0 spiro atoms. The van der Waals surface area contributed by atoms with E-state index in [1.54, 1.807) is 18.4 Å². The van der Waals surface area contributed by atoms with Gasteiger partial charge in [0.15, 0.2) is 0 Å². The number of ether oxygens (including phenoxy) is 1. The molecular formula is C18H23NO2S. The van der Waals surface area contributed by atoms with E-state index in [0.29, 0.717) is 0 Å². The van der Waals surface area contributed by atoms with Crippen molar-refractivity contribution in [2.45, 2.75) is 26.7 Å². The molecule has 0 radical (unpaired) electrons. The third-order valence-electron chi connectivity index (χ3n) is 3.72. The zero-order valence-corrected chi connectivity index (χ0v) is 14.5. The lowest BCUT2D eigenvalue weighted by atomic mass is 10.1. The second kappa shape index (κ2) is 7.45. The fourth-order valence-electron chi connectivity index (χ4n) is 2.33. The van der Waals surface area contributed by atoms with E-state index in [1.165, 1.54) is 0 Å². The molecule has 0 aliphatic heterocycles. The predicted molar refractivity (Wildman–Crippen MR) is 92.9 cm³/mol. The van der Waals surface area contributed by atoms with Crippen LogP contribution >= 0.6 is 11.3 Å². The molecule has 0 N–H and O–H groups in total. The lowest BCUT2D eigenvalue weighted by Crippen LogP contribution is -2.26. The van der Waals surface area contributed by atoms with Gasteiger partial charge in [-0.05, 0) is 42.7 Å². The number of carbonyl (C=O) groups is 1. The Morgan fingerprint density at radius 2 is 1.95 bits per heavy atom. The van der Waals surface area contributed by atoms with Gasteiger partial charge in [0.25, 0.3) is 5.91 Å². The summed E-state index contributed by atoms with van der Waals surface area (Å²) in [6.07, 6.45) is 2.14. The smallest absolute Gasteiger partial charge is 0.263 e. The van der Waals surface area contributed by atoms with Crippen molar-refractivity contribution in [3.05, 3.63) is 40.1 Å². The van der Waals surface area contributed by atoms with Gasteiger partial charge in [0, 0.05) is 18.5 Å². The Hall–Kier alpha value is -1.81. The number of nitrogens with zero attached hydrogens (tertiary/aromatic N) is 1. The Kier molecular flexibility index (Phi) is 5.61. The molecule has 0 saturated carbocycles. The van der Waals surface area contributed by atoms with Gasteiger partial charge in [0.1, 0.15) is 5.75 Å². The summed E-state index contributed by atoms with van der Waals surface area (Å²) in [5.74, 6) is 0.952. The molecule has 22 heavy (non-hydrogen) atoms. The van der Waals surface area contributed by atoms with Gasteiger partial charge in [-0.25, -0.2) is 0 Å². The normalized spacial score (nSPS) is 10.5. The molecule has 0 bridgehead atoms. The second-order valence-electron chi connectivity index (χ2n) is 5.39. The third kappa shape index (κ3) is 3.69. The van der Waals surface area contributed by atoms with Gasteiger partial charge >= 0.3 is 0 Å². The first kappa shape index (κ1) is 16.6. The molecule has 0 atom stereocenters. The summed E-state index contributed by atoms with van der Waals surface area (Å²) in [6, 6.07) is 9.96. The van der Waals surface area contributed by atoms with E-state index in [2.05, 4.69) is 13.8 Å². The fourth-order valence-corrected chi connectivity index (χ4v) is 3.37. The van der Waals surface area contributed by atoms with Gasteiger partial charge in [-0.1, -0.05) is 25.5 Å². The Morgan fingerprint density at radius 3 is 2.55 bits per heavy atom. The monoisotopic (exact) mass is 317 g/mol. The minimum Gasteiger partial charge on any atom is -0.497 e. The zero-order chi connectivity index (χ0) is 16.1. The molecule has 0 fully saturated rings. The molecule has 1 heterocycles. The molecule has 1 amide bonds. The number of benzene rings is 1. The maximum absolute atomic E-state index is 12.5. The molecule has 3 nitrogen and oxygen atoms in total. The largest absolute Gasteiger partial charge is 0.497 e. The van der Waals surface area contributed by atoms with Crippen molar-refractivity contribution in [1.82, 2.24) is 4.90 Å². The van der Waals surface area contributed by atoms with Crippen LogP contribution in [-0.4, -0.2) is 31.5 Å². The lowest BCUT2D eigenvalue weighted by molar-refractivity contribution is 0.0798. The van der Waals surface area contributed by atoms with Crippen molar-refractivity contribution in [2.75, 3.05) is 20.7 Å². The molecule has 2 rings (SSSR count). The van der Waals surface area contributed by atoms with E-state index in [4.69, 9.17) is 4.74 Å². The number of methoxy groups -OCH3 is 1. The minimum absolute atomic E-state index is 0.112. The van der Waals surface area contributed by atoms with E-state index in [0.717, 1.165) is 46.0 Å². The van der Waals surface area contributed by atoms with Gasteiger partial charge < -0.3 is 9.64 Å². The highest BCUT2D eigenvalue weighted by molar-refractivity contribution is 7.14. The van der Waals surface area contributed by atoms with Crippen molar-refractivity contribution < 1.29 is 9.53 Å². The maximum Gasteiger partial charge on any atom is 0.263 e. The molecular weight excluding hydrogens is 294 g/mol. The predicted octanol–water partition coefficient (Wildman–Crippen LogP) is 4.60. The van der Waals surface area contributed by atoms with E-state index >= 15 is 0 Å². The summed E-state index contributed by atoms with van der Waals surface area (Å²) in [5, 5.41) is 0. The van der Waals surface area contributed by atoms with Crippen molar-refractivity contribution in [2.24, 2.45) is 0 Å². The van der Waals surface area contributed by atoms with Crippen LogP contribution in [-0.2, 0) is 0 Å². The van der Waals surface area contributed by atoms with Crippen LogP contribution in [0.2, 0.25) is 0 Å². The first-order chi connectivity index (χ1) is 10.6. The number of amides is 1. The average molecular weight is 317 g/mol. The number of hydrogen-bond acceptors (Lipinski definition) is 3. The van der Waals surface area contributed by atoms with Crippen molar-refractivity contribution in [3.63, 3.8) is 0 Å². The van der Waals surface area contributed by atoms with Gasteiger partial charge in [-0.3, -0.25) is 4.79 Å². The first-order valence-corrected chi connectivity index (χ1v) is 8.38. The Morgan fingerprint density at radius 1 is 1.27 bits per heavy atom. The highest BCUT2D eigenvalue weighted by atomic mass is 32.1. The third-order valence-corrected chi connectivity index (χ3v) is 4.76. The molecule has 1 aromatic carbocycles. The Labute approximate surface area is 136 Å². The first-order valence-electron chi connectivity index (χ1n) is 7.57. The van der Waals surface area contributed by atoms with Crippen LogP contribution in [0.25, 0.3) is 11.1 Å². The molecule has 2 aromatic rings. The van der Waals surface area contributed by atoms with Crippen LogP contribution in [0.5, 0.6) is 5.75 Å². The van der Waals surface area contributed by atoms with Crippen molar-refractivity contribution in [1.29, 1.82) is 0 Å². The van der Waals surface area contributed by atoms with Crippen molar-refractivity contribution >= 4 is 17.2 Å². The van der Waals surface area contributed by atoms with E-state index in [9.17, 15) is 4.79 Å². The molecule has 118 valence electrons. The van der Waals surface area contributed by atoms with Gasteiger partial charge in [-0.2, -0.15) is 0 Å². The van der Waals surface area contributed by atoms with Gasteiger partial charge in [-0.15, -0.1) is 11.3 Å². The number of carbonyl (C=O) groups excluding carboxylic acids is 1. The van der Waals surface area contributed by atoms with Crippen LogP contribution in [0.3, 0.4) is 0 Å². The van der Waals surface area contributed by atoms with Crippen LogP contribution in [0.1, 0.15) is 34.3 Å². The number of thiophene rings is 1. The average Bonchev–Trinajstić information content (AvgIpc) is 2.93. The standard InChI is InChI=1S/C18H23NO2S/c1-5-6-11-19(3)18(20)17-12-16(13(2)22-17)14-7-9-15(21-4)10-8-14/h7-10,12H,5-6,11H2,1-4H3. The number of rotatable bonds is 6. The van der Waals surface area contributed by atoms with Crippen LogP contribution in [0.15, 0.2) is 30.3 Å². The zero-order valence-electron chi connectivity index (χ0n) is 13.7. The molecule has 0 saturated heterocycles. The quantitative estimate of drug-likeness (QED) is 0.779. The number of unbranched alkanes of at least 4 members (excludes halogenated alkanes) is 1. The van der Waals surface area contributed by atoms with E-state index in [1.807, 2.05) is 42.3 Å². The fraction of sp³-hybridized carbons (Fsp3) is 0.389. The molecule has 0 aliphatic rings. The van der Waals surface area contributed by atoms with Crippen molar-refractivity contribution in [3.8, 4) is 16.9 Å². The summed E-state index contributed by atoms with van der Waals surface area (Å²) in [4.78, 5) is 16.2. The summed E-state index contributed by atoms with van der Waals surface area (Å²) in [6.45, 7) is 5.01. The summed E-state index contributed by atoms with van der Waals surface area (Å²) >= 11 is 1.57. The highest BCUT2D eigenvalue weighted by Gasteiger charge is 2.16. The van der Waals surface area contributed by atoms with Crippen LogP contribution < -0.4 is 4.74 Å². The van der Waals surface area contributed by atoms with Crippen LogP contribution in [0.4, 0.5) is 0 Å². The van der Waals surface area contributed by atoms with Crippen LogP contribution in [0, 0.1) is 6.92 Å². The Balaban J connectivity index is 2.21. The molecule has 1 aromatic heterocycles. The molecule has 4 heteroatoms. The lowest BCUT2D eigenvalue weighted by Gasteiger charge is -2.15. The maximum atomic E-state index is 12.5. The number of aryl methyl sites for hydroxylation is 1. The summed E-state index contributed by atoms with van der Waals surface area (Å²) < 4.78 is 5.19. The summed E-state index contributed by atoms with van der Waals surface area (Å²) in [7, 11) is 3.54. The molecule has 0 aliphatic carbocycles. The Bertz CT molecular complexity index is 631. The summed E-state index contributed by atoms with van der Waals surface area (Å²) in [5.41, 5.74) is 2.24. The topological polar surface area (TPSA) is 29.5 Å². The van der Waals surface area contributed by atoms with E-state index < -0.39 is 0 Å². The van der Waals surface area contributed by atoms with Gasteiger partial charge in [0.05, 0.1) is 12.0 Å². The number of hydrogen-bond donors (Lipinski definition) is 0. The molecule has 0 unspecified atom stereocenters. The minimum atomic E-state index is 0.112. The highest BCUT2D eigenvalue weighted by Crippen LogP contribution is 2.32. The van der Waals surface area contributed by atoms with Gasteiger partial charge in [0.2, 0.25) is 0 Å². The SMILES string of the molecule is CCCCN(C)C(=O)c1cc(-c2ccc(OC)cc2)c(C)s1. The van der Waals surface area contributed by atoms with E-state index in [-0.39, 0.29) is 5.91 Å². The second-order valence-corrected chi connectivity index (χ2v) is 6.65.